The van der Waals surface area contributed by atoms with Gasteiger partial charge in [0.2, 0.25) is 0 Å². The van der Waals surface area contributed by atoms with E-state index in [2.05, 4.69) is 19.0 Å². The van der Waals surface area contributed by atoms with E-state index in [9.17, 15) is 15.0 Å². The number of phenols is 2. The van der Waals surface area contributed by atoms with Crippen LogP contribution in [0.4, 0.5) is 0 Å². The molecule has 0 aliphatic carbocycles. The molecule has 1 heterocycles. The zero-order valence-electron chi connectivity index (χ0n) is 12.0. The van der Waals surface area contributed by atoms with Gasteiger partial charge in [-0.05, 0) is 45.0 Å². The Hall–Kier alpha value is -1.75. The summed E-state index contributed by atoms with van der Waals surface area (Å²) in [5.41, 5.74) is 0.341. The lowest BCUT2D eigenvalue weighted by Crippen LogP contribution is -2.40. The van der Waals surface area contributed by atoms with Gasteiger partial charge in [-0.1, -0.05) is 0 Å². The van der Waals surface area contributed by atoms with Crippen molar-refractivity contribution in [1.82, 2.24) is 9.80 Å². The third kappa shape index (κ3) is 3.63. The first kappa shape index (κ1) is 14.7. The van der Waals surface area contributed by atoms with Gasteiger partial charge in [-0.3, -0.25) is 4.79 Å². The molecule has 1 aliphatic heterocycles. The minimum Gasteiger partial charge on any atom is -0.508 e. The standard InChI is InChI=1S/C15H22N2O3/c1-16(2)10-11-3-5-17(6-4-11)15(20)12-7-13(18)9-14(19)8-12/h7-9,11,18-19H,3-6,10H2,1-2H3. The number of carbonyl (C=O) groups excluding carboxylic acids is 1. The molecule has 1 aromatic rings. The van der Waals surface area contributed by atoms with Crippen LogP contribution < -0.4 is 0 Å². The fraction of sp³-hybridized carbons (Fsp3) is 0.533. The number of carbonyl (C=O) groups is 1. The average Bonchev–Trinajstić information content (AvgIpc) is 2.37. The highest BCUT2D eigenvalue weighted by Crippen LogP contribution is 2.24. The van der Waals surface area contributed by atoms with Gasteiger partial charge < -0.3 is 20.0 Å². The van der Waals surface area contributed by atoms with E-state index >= 15 is 0 Å². The molecule has 0 spiro atoms. The molecular weight excluding hydrogens is 256 g/mol. The first-order valence-electron chi connectivity index (χ1n) is 6.92. The second-order valence-electron chi connectivity index (χ2n) is 5.74. The number of likely N-dealkylation sites (tertiary alicyclic amines) is 1. The molecule has 110 valence electrons. The molecule has 5 heteroatoms. The van der Waals surface area contributed by atoms with Crippen molar-refractivity contribution in [2.45, 2.75) is 12.8 Å². The van der Waals surface area contributed by atoms with E-state index in [1.54, 1.807) is 4.90 Å². The lowest BCUT2D eigenvalue weighted by atomic mass is 9.96. The molecule has 0 saturated carbocycles. The van der Waals surface area contributed by atoms with E-state index in [0.29, 0.717) is 11.5 Å². The van der Waals surface area contributed by atoms with Crippen molar-refractivity contribution in [1.29, 1.82) is 0 Å². The summed E-state index contributed by atoms with van der Waals surface area (Å²) in [7, 11) is 4.13. The Bertz CT molecular complexity index is 460. The Kier molecular flexibility index (Phi) is 4.49. The highest BCUT2D eigenvalue weighted by Gasteiger charge is 2.24. The number of amides is 1. The number of nitrogens with zero attached hydrogens (tertiary/aromatic N) is 2. The molecule has 1 amide bonds. The van der Waals surface area contributed by atoms with Crippen LogP contribution in [0.25, 0.3) is 0 Å². The van der Waals surface area contributed by atoms with Gasteiger partial charge in [0, 0.05) is 31.3 Å². The number of rotatable bonds is 3. The summed E-state index contributed by atoms with van der Waals surface area (Å²) < 4.78 is 0. The highest BCUT2D eigenvalue weighted by molar-refractivity contribution is 5.95. The number of hydrogen-bond acceptors (Lipinski definition) is 4. The number of aromatic hydroxyl groups is 2. The van der Waals surface area contributed by atoms with Crippen molar-refractivity contribution in [3.63, 3.8) is 0 Å². The van der Waals surface area contributed by atoms with Gasteiger partial charge in [-0.25, -0.2) is 0 Å². The summed E-state index contributed by atoms with van der Waals surface area (Å²) in [4.78, 5) is 16.3. The molecule has 0 unspecified atom stereocenters. The summed E-state index contributed by atoms with van der Waals surface area (Å²) in [6.45, 7) is 2.51. The van der Waals surface area contributed by atoms with E-state index in [4.69, 9.17) is 0 Å². The lowest BCUT2D eigenvalue weighted by Gasteiger charge is -2.33. The third-order valence-corrected chi connectivity index (χ3v) is 3.67. The van der Waals surface area contributed by atoms with Gasteiger partial charge in [0.05, 0.1) is 0 Å². The maximum absolute atomic E-state index is 12.3. The summed E-state index contributed by atoms with van der Waals surface area (Å²) >= 11 is 0. The van der Waals surface area contributed by atoms with Crippen LogP contribution in [-0.4, -0.2) is 59.6 Å². The molecule has 20 heavy (non-hydrogen) atoms. The molecule has 1 fully saturated rings. The Morgan fingerprint density at radius 2 is 1.75 bits per heavy atom. The topological polar surface area (TPSA) is 64.0 Å². The van der Waals surface area contributed by atoms with Crippen LogP contribution in [0.5, 0.6) is 11.5 Å². The molecule has 2 rings (SSSR count). The predicted octanol–water partition coefficient (Wildman–Crippen LogP) is 1.51. The van der Waals surface area contributed by atoms with Gasteiger partial charge in [-0.2, -0.15) is 0 Å². The van der Waals surface area contributed by atoms with Gasteiger partial charge in [0.1, 0.15) is 11.5 Å². The van der Waals surface area contributed by atoms with Crippen molar-refractivity contribution in [3.05, 3.63) is 23.8 Å². The molecule has 5 nitrogen and oxygen atoms in total. The van der Waals surface area contributed by atoms with Crippen LogP contribution in [0.2, 0.25) is 0 Å². The van der Waals surface area contributed by atoms with Crippen molar-refractivity contribution in [2.24, 2.45) is 5.92 Å². The fourth-order valence-corrected chi connectivity index (χ4v) is 2.74. The normalized spacial score (nSPS) is 16.6. The van der Waals surface area contributed by atoms with Gasteiger partial charge in [0.25, 0.3) is 5.91 Å². The lowest BCUT2D eigenvalue weighted by molar-refractivity contribution is 0.0677. The van der Waals surface area contributed by atoms with E-state index in [0.717, 1.165) is 32.5 Å². The van der Waals surface area contributed by atoms with E-state index in [1.165, 1.54) is 18.2 Å². The van der Waals surface area contributed by atoms with Crippen LogP contribution >= 0.6 is 0 Å². The van der Waals surface area contributed by atoms with Crippen LogP contribution in [0.15, 0.2) is 18.2 Å². The van der Waals surface area contributed by atoms with Crippen molar-refractivity contribution >= 4 is 5.91 Å². The average molecular weight is 278 g/mol. The fourth-order valence-electron chi connectivity index (χ4n) is 2.74. The van der Waals surface area contributed by atoms with Crippen LogP contribution in [0, 0.1) is 5.92 Å². The SMILES string of the molecule is CN(C)CC1CCN(C(=O)c2cc(O)cc(O)c2)CC1. The number of piperidine rings is 1. The van der Waals surface area contributed by atoms with Crippen molar-refractivity contribution in [2.75, 3.05) is 33.7 Å². The van der Waals surface area contributed by atoms with E-state index < -0.39 is 0 Å². The Morgan fingerprint density at radius 1 is 1.20 bits per heavy atom. The Labute approximate surface area is 119 Å². The van der Waals surface area contributed by atoms with Crippen LogP contribution in [-0.2, 0) is 0 Å². The Balaban J connectivity index is 1.98. The summed E-state index contributed by atoms with van der Waals surface area (Å²) in [5, 5.41) is 18.9. The van der Waals surface area contributed by atoms with Crippen LogP contribution in [0.3, 0.4) is 0 Å². The molecular formula is C15H22N2O3. The maximum atomic E-state index is 12.3. The minimum atomic E-state index is -0.125. The summed E-state index contributed by atoms with van der Waals surface area (Å²) in [5.74, 6) is 0.331. The molecule has 0 bridgehead atoms. The second kappa shape index (κ2) is 6.13. The summed E-state index contributed by atoms with van der Waals surface area (Å²) in [6, 6.07) is 4.02. The zero-order valence-corrected chi connectivity index (χ0v) is 12.0. The zero-order chi connectivity index (χ0) is 14.7. The molecule has 0 aromatic heterocycles. The van der Waals surface area contributed by atoms with Gasteiger partial charge in [-0.15, -0.1) is 0 Å². The third-order valence-electron chi connectivity index (χ3n) is 3.67. The van der Waals surface area contributed by atoms with Gasteiger partial charge >= 0.3 is 0 Å². The first-order valence-corrected chi connectivity index (χ1v) is 6.92. The van der Waals surface area contributed by atoms with Crippen molar-refractivity contribution in [3.8, 4) is 11.5 Å². The maximum Gasteiger partial charge on any atom is 0.254 e. The highest BCUT2D eigenvalue weighted by atomic mass is 16.3. The number of hydrogen-bond donors (Lipinski definition) is 2. The number of benzene rings is 1. The van der Waals surface area contributed by atoms with E-state index in [1.807, 2.05) is 0 Å². The van der Waals surface area contributed by atoms with E-state index in [-0.39, 0.29) is 17.4 Å². The predicted molar refractivity (Wildman–Crippen MR) is 77.0 cm³/mol. The first-order chi connectivity index (χ1) is 9.45. The molecule has 1 saturated heterocycles. The molecule has 0 radical (unpaired) electrons. The Morgan fingerprint density at radius 3 is 2.25 bits per heavy atom. The quantitative estimate of drug-likeness (QED) is 0.879. The molecule has 1 aromatic carbocycles. The second-order valence-corrected chi connectivity index (χ2v) is 5.74. The van der Waals surface area contributed by atoms with Crippen molar-refractivity contribution < 1.29 is 15.0 Å². The number of phenolic OH excluding ortho intramolecular Hbond substituents is 2. The van der Waals surface area contributed by atoms with Crippen LogP contribution in [0.1, 0.15) is 23.2 Å². The largest absolute Gasteiger partial charge is 0.508 e. The molecule has 0 atom stereocenters. The minimum absolute atomic E-state index is 0.0872. The van der Waals surface area contributed by atoms with Gasteiger partial charge in [0.15, 0.2) is 0 Å². The smallest absolute Gasteiger partial charge is 0.254 e. The molecule has 2 N–H and O–H groups in total. The molecule has 1 aliphatic rings. The monoisotopic (exact) mass is 278 g/mol. The summed E-state index contributed by atoms with van der Waals surface area (Å²) in [6.07, 6.45) is 1.99.